The lowest BCUT2D eigenvalue weighted by molar-refractivity contribution is -0.126. The van der Waals surface area contributed by atoms with Crippen LogP contribution in [0.5, 0.6) is 0 Å². The van der Waals surface area contributed by atoms with E-state index in [-0.39, 0.29) is 12.0 Å². The van der Waals surface area contributed by atoms with E-state index in [2.05, 4.69) is 15.2 Å². The molecule has 8 nitrogen and oxygen atoms in total. The van der Waals surface area contributed by atoms with Crippen molar-refractivity contribution in [2.24, 2.45) is 0 Å². The fourth-order valence-corrected chi connectivity index (χ4v) is 3.35. The summed E-state index contributed by atoms with van der Waals surface area (Å²) >= 11 is 0. The second-order valence-electron chi connectivity index (χ2n) is 8.47. The number of piperazine rings is 1. The summed E-state index contributed by atoms with van der Waals surface area (Å²) in [6, 6.07) is 3.78. The summed E-state index contributed by atoms with van der Waals surface area (Å²) in [7, 11) is 1.58. The SMILES string of the molecule is CNC(=O)C(C)(CCC=O)c1ccc(N2CCN(C(=O)OC(C)(C)C)CC2)cn1. The molecule has 0 aliphatic carbocycles. The van der Waals surface area contributed by atoms with Crippen LogP contribution >= 0.6 is 0 Å². The monoisotopic (exact) mass is 404 g/mol. The first-order chi connectivity index (χ1) is 13.6. The van der Waals surface area contributed by atoms with E-state index in [1.54, 1.807) is 25.1 Å². The molecule has 8 heteroatoms. The third-order valence-electron chi connectivity index (χ3n) is 5.10. The fourth-order valence-electron chi connectivity index (χ4n) is 3.35. The predicted molar refractivity (Wildman–Crippen MR) is 111 cm³/mol. The summed E-state index contributed by atoms with van der Waals surface area (Å²) in [5.41, 5.74) is 0.209. The van der Waals surface area contributed by atoms with Crippen LogP contribution in [-0.4, -0.2) is 67.0 Å². The number of anilines is 1. The van der Waals surface area contributed by atoms with Gasteiger partial charge in [-0.15, -0.1) is 0 Å². The summed E-state index contributed by atoms with van der Waals surface area (Å²) in [6.45, 7) is 9.88. The molecule has 2 heterocycles. The summed E-state index contributed by atoms with van der Waals surface area (Å²) < 4.78 is 5.43. The molecule has 1 fully saturated rings. The van der Waals surface area contributed by atoms with E-state index in [0.29, 0.717) is 44.7 Å². The topological polar surface area (TPSA) is 91.8 Å². The van der Waals surface area contributed by atoms with Crippen LogP contribution in [0.3, 0.4) is 0 Å². The van der Waals surface area contributed by atoms with Gasteiger partial charge in [0.05, 0.1) is 23.0 Å². The molecule has 1 unspecified atom stereocenters. The Kier molecular flexibility index (Phi) is 7.21. The van der Waals surface area contributed by atoms with Crippen molar-refractivity contribution >= 4 is 24.0 Å². The van der Waals surface area contributed by atoms with Gasteiger partial charge in [-0.3, -0.25) is 9.78 Å². The van der Waals surface area contributed by atoms with Crippen LogP contribution in [0.15, 0.2) is 18.3 Å². The molecule has 1 aromatic heterocycles. The molecular formula is C21H32N4O4. The van der Waals surface area contributed by atoms with E-state index in [9.17, 15) is 14.4 Å². The van der Waals surface area contributed by atoms with Crippen LogP contribution in [0.1, 0.15) is 46.2 Å². The van der Waals surface area contributed by atoms with E-state index in [4.69, 9.17) is 4.74 Å². The highest BCUT2D eigenvalue weighted by molar-refractivity contribution is 5.87. The molecule has 0 bridgehead atoms. The van der Waals surface area contributed by atoms with Gasteiger partial charge in [0.2, 0.25) is 5.91 Å². The number of nitrogens with zero attached hydrogens (tertiary/aromatic N) is 3. The zero-order valence-electron chi connectivity index (χ0n) is 18.0. The summed E-state index contributed by atoms with van der Waals surface area (Å²) in [5, 5.41) is 2.67. The zero-order valence-corrected chi connectivity index (χ0v) is 18.0. The van der Waals surface area contributed by atoms with E-state index in [1.807, 2.05) is 32.9 Å². The van der Waals surface area contributed by atoms with Gasteiger partial charge in [-0.25, -0.2) is 4.79 Å². The number of likely N-dealkylation sites (N-methyl/N-ethyl adjacent to an activating group) is 1. The third-order valence-corrected chi connectivity index (χ3v) is 5.10. The number of aromatic nitrogens is 1. The van der Waals surface area contributed by atoms with Crippen LogP contribution in [0.25, 0.3) is 0 Å². The molecule has 1 aliphatic heterocycles. The highest BCUT2D eigenvalue weighted by Crippen LogP contribution is 2.29. The first-order valence-electron chi connectivity index (χ1n) is 9.96. The Hall–Kier alpha value is -2.64. The molecule has 1 atom stereocenters. The number of nitrogens with one attached hydrogen (secondary N) is 1. The van der Waals surface area contributed by atoms with Crippen molar-refractivity contribution < 1.29 is 19.1 Å². The van der Waals surface area contributed by atoms with E-state index in [1.165, 1.54) is 0 Å². The molecule has 0 spiro atoms. The average molecular weight is 405 g/mol. The number of pyridine rings is 1. The zero-order chi connectivity index (χ0) is 21.7. The Morgan fingerprint density at radius 1 is 1.17 bits per heavy atom. The van der Waals surface area contributed by atoms with Crippen molar-refractivity contribution in [3.8, 4) is 0 Å². The highest BCUT2D eigenvalue weighted by Gasteiger charge is 2.35. The maximum Gasteiger partial charge on any atom is 0.410 e. The minimum absolute atomic E-state index is 0.162. The molecular weight excluding hydrogens is 372 g/mol. The maximum atomic E-state index is 12.4. The molecule has 1 aliphatic rings. The predicted octanol–water partition coefficient (Wildman–Crippen LogP) is 2.12. The molecule has 2 rings (SSSR count). The van der Waals surface area contributed by atoms with E-state index in [0.717, 1.165) is 12.0 Å². The smallest absolute Gasteiger partial charge is 0.410 e. The van der Waals surface area contributed by atoms with Gasteiger partial charge in [-0.05, 0) is 46.2 Å². The van der Waals surface area contributed by atoms with Gasteiger partial charge >= 0.3 is 6.09 Å². The van der Waals surface area contributed by atoms with E-state index < -0.39 is 11.0 Å². The number of hydrogen-bond acceptors (Lipinski definition) is 6. The lowest BCUT2D eigenvalue weighted by Gasteiger charge is -2.36. The summed E-state index contributed by atoms with van der Waals surface area (Å²) in [4.78, 5) is 43.8. The molecule has 2 amide bonds. The molecule has 0 radical (unpaired) electrons. The number of rotatable bonds is 6. The van der Waals surface area contributed by atoms with Gasteiger partial charge in [0.1, 0.15) is 11.9 Å². The number of amides is 2. The van der Waals surface area contributed by atoms with Gasteiger partial charge in [-0.2, -0.15) is 0 Å². The van der Waals surface area contributed by atoms with Gasteiger partial charge in [-0.1, -0.05) is 0 Å². The highest BCUT2D eigenvalue weighted by atomic mass is 16.6. The molecule has 160 valence electrons. The van der Waals surface area contributed by atoms with Gasteiger partial charge in [0.25, 0.3) is 0 Å². The standard InChI is InChI=1S/C21H32N4O4/c1-20(2,3)29-19(28)25-12-10-24(11-13-25)16-7-8-17(23-15-16)21(4,9-6-14-26)18(27)22-5/h7-8,14-15H,6,9-13H2,1-5H3,(H,22,27). The summed E-state index contributed by atoms with van der Waals surface area (Å²) in [5.74, 6) is -0.162. The number of ether oxygens (including phenoxy) is 1. The van der Waals surface area contributed by atoms with Crippen molar-refractivity contribution in [3.63, 3.8) is 0 Å². The van der Waals surface area contributed by atoms with Crippen molar-refractivity contribution in [1.82, 2.24) is 15.2 Å². The van der Waals surface area contributed by atoms with Crippen molar-refractivity contribution in [2.45, 2.75) is 51.6 Å². The van der Waals surface area contributed by atoms with E-state index >= 15 is 0 Å². The Balaban J connectivity index is 2.04. The number of hydrogen-bond donors (Lipinski definition) is 1. The normalized spacial score (nSPS) is 16.7. The van der Waals surface area contributed by atoms with Crippen molar-refractivity contribution in [1.29, 1.82) is 0 Å². The second kappa shape index (κ2) is 9.24. The second-order valence-corrected chi connectivity index (χ2v) is 8.47. The van der Waals surface area contributed by atoms with Crippen LogP contribution in [0.4, 0.5) is 10.5 Å². The first kappa shape index (κ1) is 22.6. The minimum Gasteiger partial charge on any atom is -0.444 e. The Morgan fingerprint density at radius 2 is 1.83 bits per heavy atom. The van der Waals surface area contributed by atoms with Crippen LogP contribution in [-0.2, 0) is 19.7 Å². The largest absolute Gasteiger partial charge is 0.444 e. The number of carbonyl (C=O) groups excluding carboxylic acids is 3. The molecule has 0 saturated carbocycles. The van der Waals surface area contributed by atoms with Crippen LogP contribution in [0.2, 0.25) is 0 Å². The van der Waals surface area contributed by atoms with Crippen LogP contribution < -0.4 is 10.2 Å². The quantitative estimate of drug-likeness (QED) is 0.730. The van der Waals surface area contributed by atoms with Crippen molar-refractivity contribution in [3.05, 3.63) is 24.0 Å². The molecule has 1 aromatic rings. The number of aldehydes is 1. The minimum atomic E-state index is -0.858. The maximum absolute atomic E-state index is 12.4. The fraction of sp³-hybridized carbons (Fsp3) is 0.619. The third kappa shape index (κ3) is 5.68. The lowest BCUT2D eigenvalue weighted by atomic mass is 9.80. The summed E-state index contributed by atoms with van der Waals surface area (Å²) in [6.07, 6.45) is 2.97. The van der Waals surface area contributed by atoms with Gasteiger partial charge < -0.3 is 24.6 Å². The van der Waals surface area contributed by atoms with Gasteiger partial charge in [0, 0.05) is 39.6 Å². The lowest BCUT2D eigenvalue weighted by Crippen LogP contribution is -2.50. The molecule has 29 heavy (non-hydrogen) atoms. The average Bonchev–Trinajstić information content (AvgIpc) is 2.70. The Labute approximate surface area is 172 Å². The van der Waals surface area contributed by atoms with Crippen molar-refractivity contribution in [2.75, 3.05) is 38.1 Å². The molecule has 1 N–H and O–H groups in total. The molecule has 1 saturated heterocycles. The van der Waals surface area contributed by atoms with Gasteiger partial charge in [0.15, 0.2) is 0 Å². The number of carbonyl (C=O) groups is 3. The Morgan fingerprint density at radius 3 is 2.31 bits per heavy atom. The van der Waals surface area contributed by atoms with Crippen LogP contribution in [0, 0.1) is 0 Å². The first-order valence-corrected chi connectivity index (χ1v) is 9.96. The molecule has 0 aromatic carbocycles. The Bertz CT molecular complexity index is 721.